The Morgan fingerprint density at radius 3 is 2.51 bits per heavy atom. The van der Waals surface area contributed by atoms with Crippen molar-refractivity contribution >= 4 is 33.9 Å². The van der Waals surface area contributed by atoms with Gasteiger partial charge in [-0.3, -0.25) is 9.59 Å². The third kappa shape index (κ3) is 8.28. The number of halogens is 1. The van der Waals surface area contributed by atoms with Gasteiger partial charge in [0.25, 0.3) is 5.91 Å². The molecule has 12 heteroatoms. The fourth-order valence-electron chi connectivity index (χ4n) is 3.58. The molecule has 1 aliphatic heterocycles. The number of ether oxygens (including phenoxy) is 5. The summed E-state index contributed by atoms with van der Waals surface area (Å²) in [6, 6.07) is 1.16. The molecule has 1 aromatic rings. The topological polar surface area (TPSA) is 134 Å². The van der Waals surface area contributed by atoms with Crippen LogP contribution in [0.25, 0.3) is 0 Å². The maximum absolute atomic E-state index is 13.3. The molecule has 0 aromatic carbocycles. The number of amides is 2. The predicted molar refractivity (Wildman–Crippen MR) is 126 cm³/mol. The van der Waals surface area contributed by atoms with Gasteiger partial charge in [0, 0.05) is 27.1 Å². The second-order valence-corrected chi connectivity index (χ2v) is 9.11. The molecule has 35 heavy (non-hydrogen) atoms. The van der Waals surface area contributed by atoms with Gasteiger partial charge in [-0.05, 0) is 34.3 Å². The second-order valence-electron chi connectivity index (χ2n) is 8.25. The normalized spacial score (nSPS) is 17.5. The van der Waals surface area contributed by atoms with Crippen LogP contribution in [0.15, 0.2) is 15.0 Å². The molecule has 0 aliphatic carbocycles. The zero-order valence-corrected chi connectivity index (χ0v) is 22.1. The zero-order chi connectivity index (χ0) is 26.0. The van der Waals surface area contributed by atoms with Crippen LogP contribution in [0, 0.1) is 5.92 Å². The van der Waals surface area contributed by atoms with E-state index in [1.807, 2.05) is 13.8 Å². The van der Waals surface area contributed by atoms with E-state index >= 15 is 0 Å². The Bertz CT molecular complexity index is 842. The van der Waals surface area contributed by atoms with Gasteiger partial charge < -0.3 is 33.2 Å². The van der Waals surface area contributed by atoms with Crippen LogP contribution < -0.4 is 0 Å². The summed E-state index contributed by atoms with van der Waals surface area (Å²) in [4.78, 5) is 38.5. The predicted octanol–water partition coefficient (Wildman–Crippen LogP) is 2.62. The average molecular weight is 564 g/mol. The second kappa shape index (κ2) is 14.5. The molecule has 0 radical (unpaired) electrons. The fraction of sp³-hybridized carbons (Fsp3) is 0.696. The van der Waals surface area contributed by atoms with Gasteiger partial charge >= 0.3 is 12.1 Å². The first kappa shape index (κ1) is 29.2. The number of carbonyl (C=O) groups excluding carboxylic acids is 3. The van der Waals surface area contributed by atoms with Crippen LogP contribution in [0.5, 0.6) is 0 Å². The van der Waals surface area contributed by atoms with E-state index < -0.39 is 36.2 Å². The number of esters is 1. The van der Waals surface area contributed by atoms with E-state index in [9.17, 15) is 14.4 Å². The largest absolute Gasteiger partial charge is 0.461 e. The van der Waals surface area contributed by atoms with E-state index in [1.165, 1.54) is 14.0 Å². The SMILES string of the molecule is CO[C@@H](C(=O)N1C(=O)OC[C@H]1C(C)C)[C@@H](OC(C)=O)c1cc(Br)c(CCCOCCOCCO)o1. The maximum Gasteiger partial charge on any atom is 0.417 e. The summed E-state index contributed by atoms with van der Waals surface area (Å²) < 4.78 is 33.1. The van der Waals surface area contributed by atoms with Crippen LogP contribution in [0.2, 0.25) is 0 Å². The molecule has 1 aliphatic rings. The smallest absolute Gasteiger partial charge is 0.417 e. The number of cyclic esters (lactones) is 1. The molecule has 1 N–H and O–H groups in total. The number of imide groups is 1. The quantitative estimate of drug-likeness (QED) is 0.250. The monoisotopic (exact) mass is 563 g/mol. The highest BCUT2D eigenvalue weighted by Crippen LogP contribution is 2.33. The number of aryl methyl sites for hydroxylation is 1. The summed E-state index contributed by atoms with van der Waals surface area (Å²) in [5.74, 6) is -0.566. The summed E-state index contributed by atoms with van der Waals surface area (Å²) >= 11 is 3.45. The number of aliphatic hydroxyl groups excluding tert-OH is 1. The van der Waals surface area contributed by atoms with Crippen molar-refractivity contribution in [2.24, 2.45) is 5.92 Å². The average Bonchev–Trinajstić information content (AvgIpc) is 3.37. The van der Waals surface area contributed by atoms with Crippen LogP contribution in [-0.2, 0) is 39.7 Å². The highest BCUT2D eigenvalue weighted by atomic mass is 79.9. The molecule has 0 saturated carbocycles. The molecule has 2 heterocycles. The summed E-state index contributed by atoms with van der Waals surface area (Å²) in [6.45, 7) is 6.57. The van der Waals surface area contributed by atoms with E-state index in [2.05, 4.69) is 15.9 Å². The van der Waals surface area contributed by atoms with Gasteiger partial charge in [-0.15, -0.1) is 0 Å². The van der Waals surface area contributed by atoms with Crippen molar-refractivity contribution in [1.29, 1.82) is 0 Å². The Balaban J connectivity index is 2.11. The van der Waals surface area contributed by atoms with Crippen LogP contribution in [0.4, 0.5) is 4.79 Å². The molecule has 198 valence electrons. The molecule has 0 spiro atoms. The summed E-state index contributed by atoms with van der Waals surface area (Å²) in [6.07, 6.45) is -2.13. The van der Waals surface area contributed by atoms with E-state index in [-0.39, 0.29) is 31.5 Å². The number of carbonyl (C=O) groups is 3. The first-order chi connectivity index (χ1) is 16.7. The summed E-state index contributed by atoms with van der Waals surface area (Å²) in [5, 5.41) is 8.67. The molecule has 2 amide bonds. The molecular formula is C23H34BrNO10. The minimum atomic E-state index is -1.32. The lowest BCUT2D eigenvalue weighted by Gasteiger charge is -2.29. The molecule has 0 unspecified atom stereocenters. The lowest BCUT2D eigenvalue weighted by molar-refractivity contribution is -0.164. The number of hydrogen-bond acceptors (Lipinski definition) is 10. The lowest BCUT2D eigenvalue weighted by atomic mass is 10.0. The molecular weight excluding hydrogens is 530 g/mol. The number of hydrogen-bond donors (Lipinski definition) is 1. The van der Waals surface area contributed by atoms with Gasteiger partial charge in [-0.2, -0.15) is 0 Å². The number of nitrogens with zero attached hydrogens (tertiary/aromatic N) is 1. The van der Waals surface area contributed by atoms with Crippen LogP contribution in [0.1, 0.15) is 44.8 Å². The summed E-state index contributed by atoms with van der Waals surface area (Å²) in [7, 11) is 1.30. The first-order valence-electron chi connectivity index (χ1n) is 11.5. The minimum absolute atomic E-state index is 0.0286. The van der Waals surface area contributed by atoms with Crippen molar-refractivity contribution in [3.63, 3.8) is 0 Å². The molecule has 1 saturated heterocycles. The third-order valence-corrected chi connectivity index (χ3v) is 6.01. The molecule has 1 aromatic heterocycles. The van der Waals surface area contributed by atoms with E-state index in [0.717, 1.165) is 4.90 Å². The van der Waals surface area contributed by atoms with Gasteiger partial charge in [0.15, 0.2) is 12.2 Å². The Morgan fingerprint density at radius 2 is 1.91 bits per heavy atom. The van der Waals surface area contributed by atoms with E-state index in [4.69, 9.17) is 33.2 Å². The van der Waals surface area contributed by atoms with Crippen LogP contribution in [0.3, 0.4) is 0 Å². The zero-order valence-electron chi connectivity index (χ0n) is 20.5. The van der Waals surface area contributed by atoms with Crippen molar-refractivity contribution in [3.05, 3.63) is 22.1 Å². The van der Waals surface area contributed by atoms with Crippen molar-refractivity contribution in [3.8, 4) is 0 Å². The molecule has 11 nitrogen and oxygen atoms in total. The van der Waals surface area contributed by atoms with E-state index in [1.54, 1.807) is 6.07 Å². The van der Waals surface area contributed by atoms with Crippen molar-refractivity contribution in [2.75, 3.05) is 46.8 Å². The van der Waals surface area contributed by atoms with Crippen molar-refractivity contribution < 1.29 is 47.6 Å². The third-order valence-electron chi connectivity index (χ3n) is 5.34. The Kier molecular flexibility index (Phi) is 12.1. The van der Waals surface area contributed by atoms with Crippen molar-refractivity contribution in [2.45, 2.75) is 51.9 Å². The summed E-state index contributed by atoms with van der Waals surface area (Å²) in [5.41, 5.74) is 0. The van der Waals surface area contributed by atoms with Gasteiger partial charge in [-0.25, -0.2) is 9.69 Å². The van der Waals surface area contributed by atoms with Crippen LogP contribution in [-0.4, -0.2) is 86.9 Å². The van der Waals surface area contributed by atoms with Crippen LogP contribution >= 0.6 is 15.9 Å². The highest BCUT2D eigenvalue weighted by Gasteiger charge is 2.46. The number of rotatable bonds is 15. The highest BCUT2D eigenvalue weighted by molar-refractivity contribution is 9.10. The van der Waals surface area contributed by atoms with Gasteiger partial charge in [0.1, 0.15) is 18.1 Å². The van der Waals surface area contributed by atoms with Gasteiger partial charge in [0.2, 0.25) is 0 Å². The molecule has 3 atom stereocenters. The molecule has 0 bridgehead atoms. The lowest BCUT2D eigenvalue weighted by Crippen LogP contribution is -2.49. The van der Waals surface area contributed by atoms with Gasteiger partial charge in [0.05, 0.1) is 36.9 Å². The Labute approximate surface area is 213 Å². The van der Waals surface area contributed by atoms with Crippen molar-refractivity contribution in [1.82, 2.24) is 4.90 Å². The van der Waals surface area contributed by atoms with E-state index in [0.29, 0.717) is 42.9 Å². The standard InChI is InChI=1S/C23H34BrNO10/c1-14(2)17-13-33-23(29)25(17)22(28)21(30-4)20(34-15(3)27)19-12-16(24)18(35-19)6-5-8-31-10-11-32-9-7-26/h12,14,17,20-21,26H,5-11,13H2,1-4H3/t17-,20-,21+/m0/s1. The fourth-order valence-corrected chi connectivity index (χ4v) is 4.08. The first-order valence-corrected chi connectivity index (χ1v) is 12.2. The minimum Gasteiger partial charge on any atom is -0.461 e. The number of methoxy groups -OCH3 is 1. The Morgan fingerprint density at radius 1 is 1.23 bits per heavy atom. The van der Waals surface area contributed by atoms with Gasteiger partial charge in [-0.1, -0.05) is 13.8 Å². The molecule has 1 fully saturated rings. The maximum atomic E-state index is 13.3. The number of furan rings is 1. The number of aliphatic hydroxyl groups is 1. The molecule has 2 rings (SSSR count). The Hall–Kier alpha value is -1.99.